The quantitative estimate of drug-likeness (QED) is 0.184. The second kappa shape index (κ2) is 12.8. The molecule has 2 N–H and O–H groups in total. The van der Waals surface area contributed by atoms with Crippen LogP contribution in [0.3, 0.4) is 0 Å². The van der Waals surface area contributed by atoms with Gasteiger partial charge in [0, 0.05) is 41.5 Å². The van der Waals surface area contributed by atoms with Gasteiger partial charge in [-0.2, -0.15) is 18.4 Å². The van der Waals surface area contributed by atoms with Gasteiger partial charge in [-0.25, -0.2) is 9.97 Å². The van der Waals surface area contributed by atoms with Gasteiger partial charge in [0.2, 0.25) is 0 Å². The minimum Gasteiger partial charge on any atom is -0.388 e. The molecule has 230 valence electrons. The summed E-state index contributed by atoms with van der Waals surface area (Å²) in [6.45, 7) is 9.17. The van der Waals surface area contributed by atoms with E-state index in [1.54, 1.807) is 6.07 Å². The third-order valence-electron chi connectivity index (χ3n) is 8.76. The second-order valence-electron chi connectivity index (χ2n) is 11.8. The van der Waals surface area contributed by atoms with Crippen molar-refractivity contribution in [2.45, 2.75) is 96.6 Å². The number of hydrogen-bond donors (Lipinski definition) is 2. The van der Waals surface area contributed by atoms with Crippen LogP contribution in [0.2, 0.25) is 0 Å². The van der Waals surface area contributed by atoms with Crippen molar-refractivity contribution < 1.29 is 18.3 Å². The first-order valence-corrected chi connectivity index (χ1v) is 15.9. The Morgan fingerprint density at radius 2 is 1.91 bits per heavy atom. The minimum atomic E-state index is -4.26. The van der Waals surface area contributed by atoms with Crippen molar-refractivity contribution in [3.8, 4) is 6.07 Å². The number of fused-ring (bicyclic) bond motifs is 2. The SMILES string of the molecule is CCCCC(O)(CC)Cn1c(C#N)cc2c(C)c(CN3CCC(Nc4ncnc5sc(CC(F)(F)F)cc45)CC3)ccc21. The van der Waals surface area contributed by atoms with Crippen molar-refractivity contribution in [2.24, 2.45) is 0 Å². The number of anilines is 1. The highest BCUT2D eigenvalue weighted by Gasteiger charge is 2.30. The van der Waals surface area contributed by atoms with E-state index in [-0.39, 0.29) is 10.9 Å². The number of unbranched alkanes of at least 4 members (excludes halogenated alkanes) is 1. The number of rotatable bonds is 11. The molecule has 1 aromatic carbocycles. The molecule has 1 aliphatic rings. The summed E-state index contributed by atoms with van der Waals surface area (Å²) in [5, 5.41) is 26.3. The average molecular weight is 613 g/mol. The van der Waals surface area contributed by atoms with Gasteiger partial charge in [-0.05, 0) is 61.9 Å². The molecule has 7 nitrogen and oxygen atoms in total. The van der Waals surface area contributed by atoms with Crippen LogP contribution < -0.4 is 5.32 Å². The molecule has 0 saturated carbocycles. The molecule has 0 radical (unpaired) electrons. The highest BCUT2D eigenvalue weighted by Crippen LogP contribution is 2.34. The number of aromatic nitrogens is 3. The molecule has 0 aliphatic carbocycles. The van der Waals surface area contributed by atoms with Crippen molar-refractivity contribution in [3.05, 3.63) is 52.3 Å². The van der Waals surface area contributed by atoms with Crippen molar-refractivity contribution in [1.29, 1.82) is 5.26 Å². The Morgan fingerprint density at radius 1 is 1.14 bits per heavy atom. The number of hydrogen-bond acceptors (Lipinski definition) is 7. The van der Waals surface area contributed by atoms with E-state index < -0.39 is 18.2 Å². The lowest BCUT2D eigenvalue weighted by atomic mass is 9.93. The zero-order valence-electron chi connectivity index (χ0n) is 25.0. The fourth-order valence-electron chi connectivity index (χ4n) is 6.10. The van der Waals surface area contributed by atoms with Gasteiger partial charge in [0.1, 0.15) is 28.7 Å². The van der Waals surface area contributed by atoms with Crippen LogP contribution in [0.15, 0.2) is 30.6 Å². The minimum absolute atomic E-state index is 0.168. The lowest BCUT2D eigenvalue weighted by Crippen LogP contribution is -2.39. The zero-order valence-corrected chi connectivity index (χ0v) is 25.8. The van der Waals surface area contributed by atoms with Crippen LogP contribution in [-0.2, 0) is 19.5 Å². The summed E-state index contributed by atoms with van der Waals surface area (Å²) >= 11 is 1.06. The molecular weight excluding hydrogens is 573 g/mol. The zero-order chi connectivity index (χ0) is 30.8. The number of likely N-dealkylation sites (tertiary alicyclic amines) is 1. The number of nitrogens with one attached hydrogen (secondary N) is 1. The maximum Gasteiger partial charge on any atom is 0.393 e. The fourth-order valence-corrected chi connectivity index (χ4v) is 7.12. The van der Waals surface area contributed by atoms with Gasteiger partial charge in [0.15, 0.2) is 0 Å². The highest BCUT2D eigenvalue weighted by atomic mass is 32.1. The summed E-state index contributed by atoms with van der Waals surface area (Å²) in [5.41, 5.74) is 3.07. The molecule has 4 aromatic rings. The van der Waals surface area contributed by atoms with Crippen molar-refractivity contribution in [2.75, 3.05) is 18.4 Å². The Bertz CT molecular complexity index is 1620. The number of aliphatic hydroxyl groups is 1. The topological polar surface area (TPSA) is 90.0 Å². The molecule has 0 amide bonds. The van der Waals surface area contributed by atoms with Crippen LogP contribution in [0.5, 0.6) is 0 Å². The molecule has 0 spiro atoms. The number of nitriles is 1. The second-order valence-corrected chi connectivity index (χ2v) is 12.9. The third-order valence-corrected chi connectivity index (χ3v) is 9.81. The molecule has 3 aromatic heterocycles. The van der Waals surface area contributed by atoms with Gasteiger partial charge in [-0.15, -0.1) is 11.3 Å². The average Bonchev–Trinajstić information content (AvgIpc) is 3.54. The predicted molar refractivity (Wildman–Crippen MR) is 165 cm³/mol. The number of benzene rings is 1. The first-order chi connectivity index (χ1) is 20.5. The van der Waals surface area contributed by atoms with Crippen LogP contribution in [0.1, 0.15) is 74.1 Å². The molecule has 43 heavy (non-hydrogen) atoms. The fraction of sp³-hybridized carbons (Fsp3) is 0.531. The third kappa shape index (κ3) is 7.14. The first-order valence-electron chi connectivity index (χ1n) is 15.1. The van der Waals surface area contributed by atoms with Crippen molar-refractivity contribution in [1.82, 2.24) is 19.4 Å². The van der Waals surface area contributed by atoms with Gasteiger partial charge in [0.05, 0.1) is 24.0 Å². The molecule has 1 aliphatic heterocycles. The maximum atomic E-state index is 12.9. The Balaban J connectivity index is 1.25. The molecule has 1 atom stereocenters. The van der Waals surface area contributed by atoms with Crippen LogP contribution in [0, 0.1) is 18.3 Å². The summed E-state index contributed by atoms with van der Waals surface area (Å²) < 4.78 is 40.7. The Kier molecular flexibility index (Phi) is 9.30. The first kappa shape index (κ1) is 31.2. The smallest absolute Gasteiger partial charge is 0.388 e. The summed E-state index contributed by atoms with van der Waals surface area (Å²) in [6.07, 6.45) is 1.26. The van der Waals surface area contributed by atoms with Crippen LogP contribution in [0.4, 0.5) is 19.0 Å². The van der Waals surface area contributed by atoms with Gasteiger partial charge in [-0.3, -0.25) is 4.90 Å². The molecule has 4 heterocycles. The van der Waals surface area contributed by atoms with Crippen molar-refractivity contribution >= 4 is 38.3 Å². The largest absolute Gasteiger partial charge is 0.393 e. The van der Waals surface area contributed by atoms with E-state index in [4.69, 9.17) is 0 Å². The monoisotopic (exact) mass is 612 g/mol. The lowest BCUT2D eigenvalue weighted by molar-refractivity contribution is -0.126. The Labute approximate surface area is 254 Å². The van der Waals surface area contributed by atoms with Crippen LogP contribution in [-0.4, -0.2) is 55.5 Å². The molecule has 5 rings (SSSR count). The summed E-state index contributed by atoms with van der Waals surface area (Å²) in [6, 6.07) is 10.2. The molecular formula is C32H39F3N6OS. The number of thiophene rings is 1. The van der Waals surface area contributed by atoms with E-state index in [9.17, 15) is 23.5 Å². The number of alkyl halides is 3. The van der Waals surface area contributed by atoms with E-state index >= 15 is 0 Å². The van der Waals surface area contributed by atoms with Crippen LogP contribution >= 0.6 is 11.3 Å². The standard InChI is InChI=1S/C32H39F3N6OS/c1-4-6-11-31(42,5-2)19-41-24(17-36)14-26-21(3)22(7-8-28(26)41)18-40-12-9-23(10-13-40)39-29-27-15-25(16-32(33,34)35)43-30(27)38-20-37-29/h7-8,14-15,20,23,42H,4-6,9-13,16,18-19H2,1-3H3,(H,37,38,39). The van der Waals surface area contributed by atoms with E-state index in [1.165, 1.54) is 11.9 Å². The van der Waals surface area contributed by atoms with Gasteiger partial charge < -0.3 is 15.0 Å². The molecule has 1 unspecified atom stereocenters. The van der Waals surface area contributed by atoms with Gasteiger partial charge >= 0.3 is 6.18 Å². The molecule has 1 saturated heterocycles. The number of halogens is 3. The summed E-state index contributed by atoms with van der Waals surface area (Å²) in [4.78, 5) is 11.7. The number of aryl methyl sites for hydroxylation is 1. The lowest BCUT2D eigenvalue weighted by Gasteiger charge is -2.33. The van der Waals surface area contributed by atoms with Crippen molar-refractivity contribution in [3.63, 3.8) is 0 Å². The van der Waals surface area contributed by atoms with Gasteiger partial charge in [0.25, 0.3) is 0 Å². The maximum absolute atomic E-state index is 12.9. The number of nitrogens with zero attached hydrogens (tertiary/aromatic N) is 5. The number of piperidine rings is 1. The summed E-state index contributed by atoms with van der Waals surface area (Å²) in [7, 11) is 0. The molecule has 1 fully saturated rings. The predicted octanol–water partition coefficient (Wildman–Crippen LogP) is 7.34. The Hall–Kier alpha value is -3.20. The summed E-state index contributed by atoms with van der Waals surface area (Å²) in [5.74, 6) is 0.594. The van der Waals surface area contributed by atoms with Crippen LogP contribution in [0.25, 0.3) is 21.1 Å². The Morgan fingerprint density at radius 3 is 2.58 bits per heavy atom. The van der Waals surface area contributed by atoms with E-state index in [2.05, 4.69) is 52.2 Å². The van der Waals surface area contributed by atoms with E-state index in [1.807, 2.05) is 17.6 Å². The molecule has 0 bridgehead atoms. The molecule has 11 heteroatoms. The van der Waals surface area contributed by atoms with Gasteiger partial charge in [-0.1, -0.05) is 32.8 Å². The normalized spacial score (nSPS) is 16.5. The van der Waals surface area contributed by atoms with E-state index in [0.29, 0.717) is 41.1 Å². The van der Waals surface area contributed by atoms with E-state index in [0.717, 1.165) is 73.1 Å². The highest BCUT2D eigenvalue weighted by molar-refractivity contribution is 7.18.